The Hall–Kier alpha value is -0.520. The van der Waals surface area contributed by atoms with Crippen LogP contribution in [0.2, 0.25) is 0 Å². The number of hydrogen-bond acceptors (Lipinski definition) is 4. The van der Waals surface area contributed by atoms with E-state index in [-0.39, 0.29) is 0 Å². The van der Waals surface area contributed by atoms with Crippen molar-refractivity contribution in [3.05, 3.63) is 29.8 Å². The summed E-state index contributed by atoms with van der Waals surface area (Å²) in [7, 11) is -2.86. The number of thioether (sulfide) groups is 1. The molecule has 1 aromatic carbocycles. The van der Waals surface area contributed by atoms with Crippen LogP contribution in [0.1, 0.15) is 37.7 Å². The zero-order valence-electron chi connectivity index (χ0n) is 12.8. The Bertz CT molecular complexity index is 557. The molecule has 0 radical (unpaired) electrons. The Labute approximate surface area is 132 Å². The minimum atomic E-state index is -2.86. The van der Waals surface area contributed by atoms with Gasteiger partial charge in [-0.3, -0.25) is 0 Å². The first-order valence-electron chi connectivity index (χ1n) is 7.64. The molecule has 0 aromatic heterocycles. The largest absolute Gasteiger partial charge is 0.313 e. The number of nitrogens with one attached hydrogen (secondary N) is 1. The fourth-order valence-electron chi connectivity index (χ4n) is 2.86. The van der Waals surface area contributed by atoms with Crippen molar-refractivity contribution in [3.63, 3.8) is 0 Å². The first-order chi connectivity index (χ1) is 10.0. The van der Waals surface area contributed by atoms with Gasteiger partial charge < -0.3 is 5.32 Å². The standard InChI is InChI=1S/C16H25NO2S2/c1-3-10-17-15(8-6-11-21(2,18)19)14-12-20-16-9-5-4-7-13(14)16/h4-5,7,9,14-15,17H,3,6,8,10-12H2,1-2H3. The van der Waals surface area contributed by atoms with Crippen molar-refractivity contribution < 1.29 is 8.42 Å². The van der Waals surface area contributed by atoms with E-state index in [9.17, 15) is 8.42 Å². The molecule has 0 spiro atoms. The van der Waals surface area contributed by atoms with E-state index >= 15 is 0 Å². The Kier molecular flexibility index (Phi) is 6.14. The van der Waals surface area contributed by atoms with Crippen LogP contribution >= 0.6 is 11.8 Å². The summed E-state index contributed by atoms with van der Waals surface area (Å²) in [6.07, 6.45) is 4.09. The average molecular weight is 328 g/mol. The van der Waals surface area contributed by atoms with Crippen LogP contribution in [0, 0.1) is 0 Å². The predicted molar refractivity (Wildman–Crippen MR) is 90.9 cm³/mol. The Morgan fingerprint density at radius 2 is 2.14 bits per heavy atom. The fraction of sp³-hybridized carbons (Fsp3) is 0.625. The molecule has 2 atom stereocenters. The SMILES string of the molecule is CCCNC(CCCS(C)(=O)=O)C1CSc2ccccc21. The minimum absolute atomic E-state index is 0.290. The smallest absolute Gasteiger partial charge is 0.147 e. The van der Waals surface area contributed by atoms with E-state index in [2.05, 4.69) is 36.5 Å². The highest BCUT2D eigenvalue weighted by Crippen LogP contribution is 2.41. The maximum absolute atomic E-state index is 11.3. The van der Waals surface area contributed by atoms with Crippen LogP contribution in [0.15, 0.2) is 29.2 Å². The molecule has 118 valence electrons. The van der Waals surface area contributed by atoms with Gasteiger partial charge in [-0.25, -0.2) is 8.42 Å². The third-order valence-corrected chi connectivity index (χ3v) is 6.15. The molecule has 1 heterocycles. The van der Waals surface area contributed by atoms with Crippen molar-refractivity contribution in [2.75, 3.05) is 24.3 Å². The highest BCUT2D eigenvalue weighted by Gasteiger charge is 2.29. The first-order valence-corrected chi connectivity index (χ1v) is 10.7. The summed E-state index contributed by atoms with van der Waals surface area (Å²) >= 11 is 1.92. The summed E-state index contributed by atoms with van der Waals surface area (Å²) in [6.45, 7) is 3.16. The molecule has 1 N–H and O–H groups in total. The topological polar surface area (TPSA) is 46.2 Å². The monoisotopic (exact) mass is 327 g/mol. The van der Waals surface area contributed by atoms with Gasteiger partial charge in [0.05, 0.1) is 0 Å². The third kappa shape index (κ3) is 5.01. The van der Waals surface area contributed by atoms with Gasteiger partial charge in [0.25, 0.3) is 0 Å². The summed E-state index contributed by atoms with van der Waals surface area (Å²) in [5, 5.41) is 3.63. The maximum atomic E-state index is 11.3. The molecule has 1 aliphatic rings. The summed E-state index contributed by atoms with van der Waals surface area (Å²) in [4.78, 5) is 1.38. The molecule has 0 aliphatic carbocycles. The lowest BCUT2D eigenvalue weighted by Gasteiger charge is -2.25. The molecule has 21 heavy (non-hydrogen) atoms. The highest BCUT2D eigenvalue weighted by molar-refractivity contribution is 7.99. The highest BCUT2D eigenvalue weighted by atomic mass is 32.2. The van der Waals surface area contributed by atoms with Gasteiger partial charge in [0, 0.05) is 34.6 Å². The van der Waals surface area contributed by atoms with E-state index in [1.165, 1.54) is 16.7 Å². The second-order valence-electron chi connectivity index (χ2n) is 5.79. The maximum Gasteiger partial charge on any atom is 0.147 e. The Morgan fingerprint density at radius 3 is 2.86 bits per heavy atom. The van der Waals surface area contributed by atoms with Crippen LogP contribution in [0.5, 0.6) is 0 Å². The number of benzene rings is 1. The fourth-order valence-corrected chi connectivity index (χ4v) is 4.88. The zero-order valence-corrected chi connectivity index (χ0v) is 14.5. The molecule has 0 bridgehead atoms. The van der Waals surface area contributed by atoms with Gasteiger partial charge in [-0.05, 0) is 37.4 Å². The molecule has 0 amide bonds. The summed E-state index contributed by atoms with van der Waals surface area (Å²) in [6, 6.07) is 8.98. The van der Waals surface area contributed by atoms with Gasteiger partial charge >= 0.3 is 0 Å². The van der Waals surface area contributed by atoms with Gasteiger partial charge in [-0.1, -0.05) is 25.1 Å². The van der Waals surface area contributed by atoms with E-state index in [0.29, 0.717) is 17.7 Å². The molecule has 0 saturated heterocycles. The quantitative estimate of drug-likeness (QED) is 0.797. The van der Waals surface area contributed by atoms with Crippen molar-refractivity contribution in [1.29, 1.82) is 0 Å². The Morgan fingerprint density at radius 1 is 1.38 bits per heavy atom. The lowest BCUT2D eigenvalue weighted by Crippen LogP contribution is -2.36. The lowest BCUT2D eigenvalue weighted by atomic mass is 9.90. The molecular weight excluding hydrogens is 302 g/mol. The molecule has 3 nitrogen and oxygen atoms in total. The summed E-state index contributed by atoms with van der Waals surface area (Å²) < 4.78 is 22.6. The second kappa shape index (κ2) is 7.65. The van der Waals surface area contributed by atoms with Gasteiger partial charge in [0.1, 0.15) is 9.84 Å². The van der Waals surface area contributed by atoms with E-state index in [4.69, 9.17) is 0 Å². The second-order valence-corrected chi connectivity index (χ2v) is 9.11. The van der Waals surface area contributed by atoms with Gasteiger partial charge in [-0.15, -0.1) is 11.8 Å². The van der Waals surface area contributed by atoms with Crippen LogP contribution < -0.4 is 5.32 Å². The number of hydrogen-bond donors (Lipinski definition) is 1. The molecule has 5 heteroatoms. The van der Waals surface area contributed by atoms with Gasteiger partial charge in [-0.2, -0.15) is 0 Å². The van der Waals surface area contributed by atoms with Crippen molar-refractivity contribution >= 4 is 21.6 Å². The van der Waals surface area contributed by atoms with Gasteiger partial charge in [0.15, 0.2) is 0 Å². The Balaban J connectivity index is 2.03. The minimum Gasteiger partial charge on any atom is -0.313 e. The number of rotatable bonds is 8. The van der Waals surface area contributed by atoms with Crippen LogP contribution in [0.3, 0.4) is 0 Å². The predicted octanol–water partition coefficient (Wildman–Crippen LogP) is 3.07. The van der Waals surface area contributed by atoms with E-state index in [1.54, 1.807) is 0 Å². The molecule has 2 unspecified atom stereocenters. The van der Waals surface area contributed by atoms with Crippen LogP contribution in [0.25, 0.3) is 0 Å². The number of sulfone groups is 1. The van der Waals surface area contributed by atoms with Crippen LogP contribution in [-0.2, 0) is 9.84 Å². The van der Waals surface area contributed by atoms with E-state index < -0.39 is 9.84 Å². The van der Waals surface area contributed by atoms with Crippen molar-refractivity contribution in [2.45, 2.75) is 43.0 Å². The van der Waals surface area contributed by atoms with Crippen molar-refractivity contribution in [1.82, 2.24) is 5.32 Å². The lowest BCUT2D eigenvalue weighted by molar-refractivity contribution is 0.425. The first kappa shape index (κ1) is 16.8. The summed E-state index contributed by atoms with van der Waals surface area (Å²) in [5.41, 5.74) is 1.43. The van der Waals surface area contributed by atoms with Crippen LogP contribution in [0.4, 0.5) is 0 Å². The van der Waals surface area contributed by atoms with E-state index in [1.807, 2.05) is 11.8 Å². The van der Waals surface area contributed by atoms with Crippen molar-refractivity contribution in [2.24, 2.45) is 0 Å². The zero-order chi connectivity index (χ0) is 15.3. The molecule has 0 saturated carbocycles. The molecular formula is C16H25NO2S2. The van der Waals surface area contributed by atoms with Crippen molar-refractivity contribution in [3.8, 4) is 0 Å². The number of fused-ring (bicyclic) bond motifs is 1. The van der Waals surface area contributed by atoms with Gasteiger partial charge in [0.2, 0.25) is 0 Å². The third-order valence-electron chi connectivity index (χ3n) is 3.91. The molecule has 0 fully saturated rings. The molecule has 1 aliphatic heterocycles. The van der Waals surface area contributed by atoms with Crippen LogP contribution in [-0.4, -0.2) is 38.8 Å². The molecule has 2 rings (SSSR count). The van der Waals surface area contributed by atoms with E-state index in [0.717, 1.165) is 31.6 Å². The summed E-state index contributed by atoms with van der Waals surface area (Å²) in [5.74, 6) is 1.88. The average Bonchev–Trinajstić information content (AvgIpc) is 2.85. The normalized spacial score (nSPS) is 19.4. The molecule has 1 aromatic rings.